The summed E-state index contributed by atoms with van der Waals surface area (Å²) < 4.78 is 0.363. The number of hydrogen-bond acceptors (Lipinski definition) is 2. The fourth-order valence-corrected chi connectivity index (χ4v) is 3.19. The predicted molar refractivity (Wildman–Crippen MR) is 71.4 cm³/mol. The van der Waals surface area contributed by atoms with Crippen LogP contribution in [0.5, 0.6) is 0 Å². The second kappa shape index (κ2) is 6.15. The fraction of sp³-hybridized carbons (Fsp3) is 1.00. The fourth-order valence-electron chi connectivity index (χ4n) is 2.22. The lowest BCUT2D eigenvalue weighted by atomic mass is 9.94. The number of rotatable bonds is 3. The highest BCUT2D eigenvalue weighted by molar-refractivity contribution is 8.00. The first-order valence-corrected chi connectivity index (χ1v) is 7.37. The Labute approximate surface area is 99.6 Å². The summed E-state index contributed by atoms with van der Waals surface area (Å²) in [6, 6.07) is 0.423. The van der Waals surface area contributed by atoms with Crippen molar-refractivity contribution in [3.8, 4) is 0 Å². The average Bonchev–Trinajstić information content (AvgIpc) is 2.41. The third kappa shape index (κ3) is 5.82. The first-order chi connectivity index (χ1) is 6.99. The average molecular weight is 229 g/mol. The molecule has 1 aliphatic carbocycles. The van der Waals surface area contributed by atoms with Crippen LogP contribution in [-0.4, -0.2) is 16.5 Å². The Bertz CT molecular complexity index is 166. The smallest absolute Gasteiger partial charge is 0.0159 e. The van der Waals surface area contributed by atoms with E-state index >= 15 is 0 Å². The Balaban J connectivity index is 2.28. The SMILES string of the molecule is CC(C)(C)SCC(N)C1CCCCCC1. The molecular formula is C13H27NS. The van der Waals surface area contributed by atoms with E-state index in [4.69, 9.17) is 5.73 Å². The Kier molecular flexibility index (Phi) is 5.48. The van der Waals surface area contributed by atoms with Crippen LogP contribution in [0.3, 0.4) is 0 Å². The summed E-state index contributed by atoms with van der Waals surface area (Å²) in [6.45, 7) is 6.83. The van der Waals surface area contributed by atoms with Gasteiger partial charge in [-0.1, -0.05) is 46.5 Å². The van der Waals surface area contributed by atoms with Crippen LogP contribution in [0.4, 0.5) is 0 Å². The molecule has 0 aromatic heterocycles. The number of thioether (sulfide) groups is 1. The van der Waals surface area contributed by atoms with Crippen LogP contribution in [0, 0.1) is 5.92 Å². The summed E-state index contributed by atoms with van der Waals surface area (Å²) in [5.41, 5.74) is 6.30. The molecule has 1 nitrogen and oxygen atoms in total. The lowest BCUT2D eigenvalue weighted by molar-refractivity contribution is 0.397. The lowest BCUT2D eigenvalue weighted by Crippen LogP contribution is -2.33. The molecule has 1 atom stereocenters. The summed E-state index contributed by atoms with van der Waals surface area (Å²) in [5, 5.41) is 0. The second-order valence-electron chi connectivity index (χ2n) is 5.84. The van der Waals surface area contributed by atoms with Gasteiger partial charge in [0.15, 0.2) is 0 Å². The van der Waals surface area contributed by atoms with Gasteiger partial charge < -0.3 is 5.73 Å². The molecule has 0 radical (unpaired) electrons. The van der Waals surface area contributed by atoms with Gasteiger partial charge in [0.25, 0.3) is 0 Å². The van der Waals surface area contributed by atoms with Crippen molar-refractivity contribution in [2.24, 2.45) is 11.7 Å². The largest absolute Gasteiger partial charge is 0.327 e. The minimum Gasteiger partial charge on any atom is -0.327 e. The van der Waals surface area contributed by atoms with E-state index in [1.165, 1.54) is 38.5 Å². The maximum Gasteiger partial charge on any atom is 0.0159 e. The molecule has 1 fully saturated rings. The maximum absolute atomic E-state index is 6.30. The van der Waals surface area contributed by atoms with Gasteiger partial charge in [-0.05, 0) is 18.8 Å². The van der Waals surface area contributed by atoms with Gasteiger partial charge >= 0.3 is 0 Å². The zero-order valence-electron chi connectivity index (χ0n) is 10.6. The van der Waals surface area contributed by atoms with Gasteiger partial charge in [-0.3, -0.25) is 0 Å². The zero-order chi connectivity index (χ0) is 11.3. The van der Waals surface area contributed by atoms with E-state index in [2.05, 4.69) is 20.8 Å². The van der Waals surface area contributed by atoms with Crippen LogP contribution >= 0.6 is 11.8 Å². The molecule has 0 aliphatic heterocycles. The van der Waals surface area contributed by atoms with E-state index in [1.807, 2.05) is 11.8 Å². The summed E-state index contributed by atoms with van der Waals surface area (Å²) in [6.07, 6.45) is 8.39. The van der Waals surface area contributed by atoms with E-state index in [-0.39, 0.29) is 0 Å². The molecule has 0 spiro atoms. The summed E-state index contributed by atoms with van der Waals surface area (Å²) in [5.74, 6) is 1.93. The van der Waals surface area contributed by atoms with Crippen LogP contribution in [-0.2, 0) is 0 Å². The van der Waals surface area contributed by atoms with E-state index < -0.39 is 0 Å². The molecule has 0 saturated heterocycles. The number of hydrogen-bond donors (Lipinski definition) is 1. The normalized spacial score (nSPS) is 22.4. The Hall–Kier alpha value is 0.310. The minimum absolute atomic E-state index is 0.363. The molecule has 90 valence electrons. The molecule has 1 rings (SSSR count). The minimum atomic E-state index is 0.363. The topological polar surface area (TPSA) is 26.0 Å². The highest BCUT2D eigenvalue weighted by Gasteiger charge is 2.21. The molecule has 1 saturated carbocycles. The highest BCUT2D eigenvalue weighted by atomic mass is 32.2. The zero-order valence-corrected chi connectivity index (χ0v) is 11.4. The maximum atomic E-state index is 6.30. The molecule has 0 bridgehead atoms. The Morgan fingerprint density at radius 3 is 2.13 bits per heavy atom. The van der Waals surface area contributed by atoms with Crippen molar-refractivity contribution in [2.75, 3.05) is 5.75 Å². The summed E-state index contributed by atoms with van der Waals surface area (Å²) >= 11 is 2.02. The first-order valence-electron chi connectivity index (χ1n) is 6.38. The van der Waals surface area contributed by atoms with Gasteiger partial charge in [-0.2, -0.15) is 11.8 Å². The Morgan fingerprint density at radius 2 is 1.67 bits per heavy atom. The monoisotopic (exact) mass is 229 g/mol. The molecular weight excluding hydrogens is 202 g/mol. The molecule has 0 aromatic rings. The standard InChI is InChI=1S/C13H27NS/c1-13(2,3)15-10-12(14)11-8-6-4-5-7-9-11/h11-12H,4-10,14H2,1-3H3. The van der Waals surface area contributed by atoms with Crippen LogP contribution in [0.1, 0.15) is 59.3 Å². The third-order valence-corrected chi connectivity index (χ3v) is 4.63. The molecule has 0 aromatic carbocycles. The molecule has 0 amide bonds. The molecule has 1 unspecified atom stereocenters. The van der Waals surface area contributed by atoms with Gasteiger partial charge in [0.1, 0.15) is 0 Å². The van der Waals surface area contributed by atoms with Crippen LogP contribution in [0.2, 0.25) is 0 Å². The van der Waals surface area contributed by atoms with E-state index in [0.717, 1.165) is 11.7 Å². The molecule has 2 N–H and O–H groups in total. The first kappa shape index (κ1) is 13.4. The van der Waals surface area contributed by atoms with Crippen molar-refractivity contribution >= 4 is 11.8 Å². The van der Waals surface area contributed by atoms with Crippen molar-refractivity contribution in [1.82, 2.24) is 0 Å². The molecule has 15 heavy (non-hydrogen) atoms. The Morgan fingerprint density at radius 1 is 1.13 bits per heavy atom. The van der Waals surface area contributed by atoms with Gasteiger partial charge in [-0.15, -0.1) is 0 Å². The molecule has 1 aliphatic rings. The third-order valence-electron chi connectivity index (χ3n) is 3.21. The second-order valence-corrected chi connectivity index (χ2v) is 7.69. The van der Waals surface area contributed by atoms with Crippen LogP contribution in [0.25, 0.3) is 0 Å². The number of nitrogens with two attached hydrogens (primary N) is 1. The van der Waals surface area contributed by atoms with Crippen molar-refractivity contribution in [1.29, 1.82) is 0 Å². The molecule has 0 heterocycles. The van der Waals surface area contributed by atoms with Gasteiger partial charge in [0.2, 0.25) is 0 Å². The van der Waals surface area contributed by atoms with Crippen LogP contribution in [0.15, 0.2) is 0 Å². The van der Waals surface area contributed by atoms with Gasteiger partial charge in [0.05, 0.1) is 0 Å². The quantitative estimate of drug-likeness (QED) is 0.745. The van der Waals surface area contributed by atoms with Crippen molar-refractivity contribution in [3.63, 3.8) is 0 Å². The summed E-state index contributed by atoms with van der Waals surface area (Å²) in [4.78, 5) is 0. The summed E-state index contributed by atoms with van der Waals surface area (Å²) in [7, 11) is 0. The van der Waals surface area contributed by atoms with Gasteiger partial charge in [-0.25, -0.2) is 0 Å². The van der Waals surface area contributed by atoms with E-state index in [9.17, 15) is 0 Å². The predicted octanol–water partition coefficient (Wildman–Crippen LogP) is 3.82. The van der Waals surface area contributed by atoms with Crippen molar-refractivity contribution in [3.05, 3.63) is 0 Å². The molecule has 2 heteroatoms. The van der Waals surface area contributed by atoms with Crippen molar-refractivity contribution in [2.45, 2.75) is 70.1 Å². The van der Waals surface area contributed by atoms with Crippen molar-refractivity contribution < 1.29 is 0 Å². The van der Waals surface area contributed by atoms with Gasteiger partial charge in [0, 0.05) is 16.5 Å². The van der Waals surface area contributed by atoms with E-state index in [0.29, 0.717) is 10.8 Å². The van der Waals surface area contributed by atoms with Crippen LogP contribution < -0.4 is 5.73 Å². The lowest BCUT2D eigenvalue weighted by Gasteiger charge is -2.26. The van der Waals surface area contributed by atoms with E-state index in [1.54, 1.807) is 0 Å². The highest BCUT2D eigenvalue weighted by Crippen LogP contribution is 2.29.